The summed E-state index contributed by atoms with van der Waals surface area (Å²) in [5, 5.41) is 0.224. The maximum absolute atomic E-state index is 13.5. The second-order valence-corrected chi connectivity index (χ2v) is 6.82. The first-order chi connectivity index (χ1) is 13.0. The average Bonchev–Trinajstić information content (AvgIpc) is 3.42. The summed E-state index contributed by atoms with van der Waals surface area (Å²) in [7, 11) is 0. The van der Waals surface area contributed by atoms with Crippen LogP contribution in [-0.4, -0.2) is 15.6 Å². The van der Waals surface area contributed by atoms with Crippen LogP contribution in [0.2, 0.25) is 0 Å². The van der Waals surface area contributed by atoms with Gasteiger partial charge in [-0.2, -0.15) is 0 Å². The van der Waals surface area contributed by atoms with Gasteiger partial charge in [-0.05, 0) is 48.6 Å². The zero-order valence-electron chi connectivity index (χ0n) is 14.4. The number of hydrogen-bond acceptors (Lipinski definition) is 3. The van der Waals surface area contributed by atoms with Crippen molar-refractivity contribution < 1.29 is 13.6 Å². The predicted molar refractivity (Wildman–Crippen MR) is 96.9 cm³/mol. The Bertz CT molecular complexity index is 1090. The summed E-state index contributed by atoms with van der Waals surface area (Å²) in [5.41, 5.74) is 2.89. The van der Waals surface area contributed by atoms with Gasteiger partial charge in [-0.25, -0.2) is 18.4 Å². The minimum Gasteiger partial charge on any atom is -0.273 e. The molecule has 1 aromatic heterocycles. The number of nitrogens with zero attached hydrogens (tertiary/aromatic N) is 2. The van der Waals surface area contributed by atoms with Crippen molar-refractivity contribution in [1.29, 1.82) is 0 Å². The highest BCUT2D eigenvalue weighted by atomic mass is 19.1. The second-order valence-electron chi connectivity index (χ2n) is 6.82. The molecule has 0 unspecified atom stereocenters. The molecule has 1 N–H and O–H groups in total. The Hall–Kier alpha value is -3.09. The molecule has 0 saturated heterocycles. The van der Waals surface area contributed by atoms with Crippen molar-refractivity contribution in [3.63, 3.8) is 0 Å². The molecule has 1 heterocycles. The summed E-state index contributed by atoms with van der Waals surface area (Å²) in [5.74, 6) is -0.550. The summed E-state index contributed by atoms with van der Waals surface area (Å²) in [6.07, 6.45) is 2.53. The van der Waals surface area contributed by atoms with Crippen molar-refractivity contribution in [3.8, 4) is 0 Å². The van der Waals surface area contributed by atoms with Crippen LogP contribution in [0.15, 0.2) is 47.3 Å². The number of nitrogens with one attached hydrogen (secondary N) is 1. The van der Waals surface area contributed by atoms with Crippen LogP contribution in [-0.2, 0) is 17.6 Å². The van der Waals surface area contributed by atoms with Crippen LogP contribution in [0.1, 0.15) is 24.2 Å². The molecule has 0 bridgehead atoms. The highest BCUT2D eigenvalue weighted by Gasteiger charge is 2.25. The van der Waals surface area contributed by atoms with Crippen LogP contribution in [0.4, 0.5) is 8.78 Å². The van der Waals surface area contributed by atoms with Gasteiger partial charge in [0.15, 0.2) is 0 Å². The fraction of sp³-hybridized carbons (Fsp3) is 0.250. The molecule has 0 atom stereocenters. The molecule has 138 valence electrons. The predicted octanol–water partition coefficient (Wildman–Crippen LogP) is 2.94. The van der Waals surface area contributed by atoms with Gasteiger partial charge in [-0.1, -0.05) is 12.1 Å². The topological polar surface area (TPSA) is 64.0 Å². The molecule has 1 saturated carbocycles. The van der Waals surface area contributed by atoms with Crippen molar-refractivity contribution in [2.24, 2.45) is 5.92 Å². The number of carbonyl (C=O) groups excluding carboxylic acids is 1. The Kier molecular flexibility index (Phi) is 4.43. The molecule has 1 aliphatic rings. The quantitative estimate of drug-likeness (QED) is 0.752. The molecule has 0 spiro atoms. The molecule has 1 amide bonds. The summed E-state index contributed by atoms with van der Waals surface area (Å²) in [4.78, 5) is 29.6. The van der Waals surface area contributed by atoms with Crippen LogP contribution >= 0.6 is 0 Å². The Balaban J connectivity index is 1.68. The fourth-order valence-corrected chi connectivity index (χ4v) is 3.03. The Morgan fingerprint density at radius 3 is 2.67 bits per heavy atom. The Morgan fingerprint density at radius 1 is 1.15 bits per heavy atom. The lowest BCUT2D eigenvalue weighted by molar-refractivity contribution is -0.116. The minimum absolute atomic E-state index is 0.0749. The van der Waals surface area contributed by atoms with Crippen LogP contribution in [0.25, 0.3) is 10.9 Å². The van der Waals surface area contributed by atoms with Crippen LogP contribution in [0.3, 0.4) is 0 Å². The van der Waals surface area contributed by atoms with E-state index in [0.29, 0.717) is 23.7 Å². The first kappa shape index (κ1) is 17.3. The van der Waals surface area contributed by atoms with Gasteiger partial charge in [0.2, 0.25) is 5.91 Å². The SMILES string of the molecule is O=C(Cc1cccc(F)c1)Nn1c(CC2CC2)nc2cc(F)ccc2c1=O. The lowest BCUT2D eigenvalue weighted by atomic mass is 10.1. The van der Waals surface area contributed by atoms with E-state index in [1.807, 2.05) is 0 Å². The number of carbonyl (C=O) groups is 1. The molecule has 1 aliphatic carbocycles. The number of rotatable bonds is 5. The fourth-order valence-electron chi connectivity index (χ4n) is 3.03. The number of fused-ring (bicyclic) bond motifs is 1. The Labute approximate surface area is 153 Å². The van der Waals surface area contributed by atoms with Gasteiger partial charge in [0.1, 0.15) is 17.5 Å². The summed E-state index contributed by atoms with van der Waals surface area (Å²) < 4.78 is 28.0. The lowest BCUT2D eigenvalue weighted by Crippen LogP contribution is -2.37. The standard InChI is InChI=1S/C20H17F2N3O2/c21-14-3-1-2-13(8-14)10-19(26)24-25-18(9-12-4-5-12)23-17-11-15(22)6-7-16(17)20(25)27/h1-3,6-8,11-12H,4-5,9-10H2,(H,24,26). The molecule has 5 nitrogen and oxygen atoms in total. The molecule has 7 heteroatoms. The summed E-state index contributed by atoms with van der Waals surface area (Å²) >= 11 is 0. The maximum atomic E-state index is 13.5. The number of hydrogen-bond donors (Lipinski definition) is 1. The third-order valence-corrected chi connectivity index (χ3v) is 4.56. The van der Waals surface area contributed by atoms with Gasteiger partial charge < -0.3 is 0 Å². The zero-order valence-corrected chi connectivity index (χ0v) is 14.4. The molecule has 2 aromatic carbocycles. The first-order valence-electron chi connectivity index (χ1n) is 8.75. The van der Waals surface area contributed by atoms with Gasteiger partial charge in [0.25, 0.3) is 5.56 Å². The van der Waals surface area contributed by atoms with Crippen molar-refractivity contribution >= 4 is 16.8 Å². The molecule has 27 heavy (non-hydrogen) atoms. The highest BCUT2D eigenvalue weighted by Crippen LogP contribution is 2.32. The largest absolute Gasteiger partial charge is 0.280 e. The minimum atomic E-state index is -0.473. The molecule has 0 aliphatic heterocycles. The molecule has 0 radical (unpaired) electrons. The normalized spacial score (nSPS) is 13.7. The summed E-state index contributed by atoms with van der Waals surface area (Å²) in [6.45, 7) is 0. The van der Waals surface area contributed by atoms with E-state index in [-0.39, 0.29) is 17.3 Å². The number of amides is 1. The van der Waals surface area contributed by atoms with Crippen molar-refractivity contribution in [2.45, 2.75) is 25.7 Å². The van der Waals surface area contributed by atoms with Crippen molar-refractivity contribution in [3.05, 3.63) is 75.8 Å². The molecule has 4 rings (SSSR count). The van der Waals surface area contributed by atoms with Crippen molar-refractivity contribution in [1.82, 2.24) is 9.66 Å². The van der Waals surface area contributed by atoms with E-state index in [4.69, 9.17) is 0 Å². The van der Waals surface area contributed by atoms with Crippen LogP contribution in [0, 0.1) is 17.6 Å². The average molecular weight is 369 g/mol. The maximum Gasteiger partial charge on any atom is 0.280 e. The van der Waals surface area contributed by atoms with Gasteiger partial charge in [0.05, 0.1) is 17.3 Å². The van der Waals surface area contributed by atoms with Crippen LogP contribution < -0.4 is 11.0 Å². The van der Waals surface area contributed by atoms with Gasteiger partial charge in [-0.15, -0.1) is 0 Å². The monoisotopic (exact) mass is 369 g/mol. The van der Waals surface area contributed by atoms with Crippen LogP contribution in [0.5, 0.6) is 0 Å². The van der Waals surface area contributed by atoms with E-state index in [0.717, 1.165) is 17.5 Å². The van der Waals surface area contributed by atoms with E-state index in [1.54, 1.807) is 6.07 Å². The summed E-state index contributed by atoms with van der Waals surface area (Å²) in [6, 6.07) is 9.49. The zero-order chi connectivity index (χ0) is 19.0. The van der Waals surface area contributed by atoms with E-state index in [2.05, 4.69) is 10.4 Å². The number of aromatic nitrogens is 2. The molecular formula is C20H17F2N3O2. The molecule has 3 aromatic rings. The van der Waals surface area contributed by atoms with Gasteiger partial charge in [0, 0.05) is 12.5 Å². The van der Waals surface area contributed by atoms with E-state index in [1.165, 1.54) is 36.4 Å². The van der Waals surface area contributed by atoms with E-state index < -0.39 is 23.1 Å². The van der Waals surface area contributed by atoms with Crippen molar-refractivity contribution in [2.75, 3.05) is 5.43 Å². The number of halogens is 2. The molecular weight excluding hydrogens is 352 g/mol. The lowest BCUT2D eigenvalue weighted by Gasteiger charge is -2.14. The van der Waals surface area contributed by atoms with E-state index in [9.17, 15) is 18.4 Å². The number of benzene rings is 2. The second kappa shape index (κ2) is 6.90. The third-order valence-electron chi connectivity index (χ3n) is 4.56. The first-order valence-corrected chi connectivity index (χ1v) is 8.75. The van der Waals surface area contributed by atoms with Gasteiger partial charge in [-0.3, -0.25) is 15.0 Å². The smallest absolute Gasteiger partial charge is 0.273 e. The highest BCUT2D eigenvalue weighted by molar-refractivity contribution is 5.86. The molecule has 1 fully saturated rings. The van der Waals surface area contributed by atoms with Gasteiger partial charge >= 0.3 is 0 Å². The van der Waals surface area contributed by atoms with E-state index >= 15 is 0 Å². The Morgan fingerprint density at radius 2 is 1.93 bits per heavy atom. The third kappa shape index (κ3) is 3.86.